The summed E-state index contributed by atoms with van der Waals surface area (Å²) in [6.45, 7) is 1.46. The van der Waals surface area contributed by atoms with Crippen molar-refractivity contribution in [2.45, 2.75) is 23.8 Å². The van der Waals surface area contributed by atoms with Crippen LogP contribution in [-0.4, -0.2) is 47.7 Å². The van der Waals surface area contributed by atoms with Crippen molar-refractivity contribution in [3.05, 3.63) is 73.3 Å². The number of benzene rings is 2. The quantitative estimate of drug-likeness (QED) is 0.469. The van der Waals surface area contributed by atoms with Gasteiger partial charge in [-0.15, -0.1) is 0 Å². The summed E-state index contributed by atoms with van der Waals surface area (Å²) >= 11 is 0. The lowest BCUT2D eigenvalue weighted by atomic mass is 10.0. The Bertz CT molecular complexity index is 1390. The zero-order valence-electron chi connectivity index (χ0n) is 17.8. The molecule has 5 rings (SSSR count). The van der Waals surface area contributed by atoms with Gasteiger partial charge in [-0.1, -0.05) is 24.3 Å². The van der Waals surface area contributed by atoms with Crippen LogP contribution in [0.4, 0.5) is 11.5 Å². The minimum atomic E-state index is -3.71. The predicted molar refractivity (Wildman–Crippen MR) is 127 cm³/mol. The van der Waals surface area contributed by atoms with Crippen molar-refractivity contribution in [2.24, 2.45) is 0 Å². The summed E-state index contributed by atoms with van der Waals surface area (Å²) in [5.74, 6) is 0.836. The molecule has 0 bridgehead atoms. The lowest BCUT2D eigenvalue weighted by molar-refractivity contribution is 0.145. The van der Waals surface area contributed by atoms with Crippen LogP contribution < -0.4 is 9.62 Å². The van der Waals surface area contributed by atoms with E-state index in [0.29, 0.717) is 18.5 Å². The summed E-state index contributed by atoms with van der Waals surface area (Å²) in [5.41, 5.74) is 2.85. The normalized spacial score (nSPS) is 15.0. The van der Waals surface area contributed by atoms with Crippen LogP contribution in [-0.2, 0) is 10.0 Å². The molecule has 0 atom stereocenters. The smallest absolute Gasteiger partial charge is 0.261 e. The first kappa shape index (κ1) is 21.3. The van der Waals surface area contributed by atoms with Crippen LogP contribution in [0.2, 0.25) is 0 Å². The molecule has 1 fully saturated rings. The summed E-state index contributed by atoms with van der Waals surface area (Å²) in [5, 5.41) is 10.7. The standard InChI is InChI=1S/C24H23N5O3S/c30-20-8-10-29(11-9-20)24-22-13-17(6-7-23(22)26-16-27-24)18-12-19(15-25-14-18)28-33(31,32)21-4-2-1-3-5-21/h1-7,12-16,20,28,30H,8-11H2. The van der Waals surface area contributed by atoms with Crippen LogP contribution in [0.3, 0.4) is 0 Å². The van der Waals surface area contributed by atoms with Crippen molar-refractivity contribution in [2.75, 3.05) is 22.7 Å². The zero-order chi connectivity index (χ0) is 22.8. The van der Waals surface area contributed by atoms with Gasteiger partial charge in [0.1, 0.15) is 12.1 Å². The van der Waals surface area contributed by atoms with Gasteiger partial charge in [-0.2, -0.15) is 0 Å². The lowest BCUT2D eigenvalue weighted by Crippen LogP contribution is -2.36. The first-order valence-electron chi connectivity index (χ1n) is 10.7. The molecule has 33 heavy (non-hydrogen) atoms. The van der Waals surface area contributed by atoms with E-state index in [1.54, 1.807) is 48.9 Å². The molecule has 2 N–H and O–H groups in total. The van der Waals surface area contributed by atoms with Gasteiger partial charge in [-0.3, -0.25) is 9.71 Å². The van der Waals surface area contributed by atoms with Crippen molar-refractivity contribution in [1.29, 1.82) is 0 Å². The number of rotatable bonds is 5. The van der Waals surface area contributed by atoms with Gasteiger partial charge >= 0.3 is 0 Å². The number of fused-ring (bicyclic) bond motifs is 1. The van der Waals surface area contributed by atoms with E-state index in [0.717, 1.165) is 40.9 Å². The van der Waals surface area contributed by atoms with E-state index in [4.69, 9.17) is 0 Å². The SMILES string of the molecule is O=S(=O)(Nc1cncc(-c2ccc3ncnc(N4CCC(O)CC4)c3c2)c1)c1ccccc1. The topological polar surface area (TPSA) is 108 Å². The highest BCUT2D eigenvalue weighted by molar-refractivity contribution is 7.92. The first-order chi connectivity index (χ1) is 16.0. The lowest BCUT2D eigenvalue weighted by Gasteiger charge is -2.31. The zero-order valence-corrected chi connectivity index (χ0v) is 18.6. The summed E-state index contributed by atoms with van der Waals surface area (Å²) in [6.07, 6.45) is 5.89. The van der Waals surface area contributed by atoms with Gasteiger partial charge in [-0.05, 0) is 48.7 Å². The van der Waals surface area contributed by atoms with E-state index < -0.39 is 10.0 Å². The molecule has 3 heterocycles. The Balaban J connectivity index is 1.48. The van der Waals surface area contributed by atoms with E-state index in [2.05, 4.69) is 24.6 Å². The molecule has 8 nitrogen and oxygen atoms in total. The largest absolute Gasteiger partial charge is 0.393 e. The van der Waals surface area contributed by atoms with Crippen molar-refractivity contribution in [3.63, 3.8) is 0 Å². The molecule has 1 aliphatic heterocycles. The van der Waals surface area contributed by atoms with Crippen LogP contribution in [0.5, 0.6) is 0 Å². The maximum Gasteiger partial charge on any atom is 0.261 e. The molecular weight excluding hydrogens is 438 g/mol. The molecule has 0 radical (unpaired) electrons. The summed E-state index contributed by atoms with van der Waals surface area (Å²) in [4.78, 5) is 15.5. The molecule has 0 unspecified atom stereocenters. The van der Waals surface area contributed by atoms with E-state index in [9.17, 15) is 13.5 Å². The van der Waals surface area contributed by atoms with Gasteiger partial charge in [-0.25, -0.2) is 18.4 Å². The van der Waals surface area contributed by atoms with E-state index >= 15 is 0 Å². The average molecular weight is 462 g/mol. The Morgan fingerprint density at radius 1 is 0.939 bits per heavy atom. The maximum absolute atomic E-state index is 12.7. The average Bonchev–Trinajstić information content (AvgIpc) is 2.84. The number of hydrogen-bond donors (Lipinski definition) is 2. The van der Waals surface area contributed by atoms with Gasteiger partial charge in [0.2, 0.25) is 0 Å². The second kappa shape index (κ2) is 8.76. The monoisotopic (exact) mass is 461 g/mol. The number of nitrogens with zero attached hydrogens (tertiary/aromatic N) is 4. The molecule has 1 aliphatic rings. The van der Waals surface area contributed by atoms with E-state index in [-0.39, 0.29) is 11.0 Å². The van der Waals surface area contributed by atoms with E-state index in [1.165, 1.54) is 6.20 Å². The first-order valence-corrected chi connectivity index (χ1v) is 12.2. The van der Waals surface area contributed by atoms with Crippen molar-refractivity contribution in [3.8, 4) is 11.1 Å². The number of aliphatic hydroxyl groups is 1. The van der Waals surface area contributed by atoms with Crippen LogP contribution in [0, 0.1) is 0 Å². The fraction of sp³-hybridized carbons (Fsp3) is 0.208. The number of sulfonamides is 1. The summed E-state index contributed by atoms with van der Waals surface area (Å²) in [7, 11) is -3.71. The van der Waals surface area contributed by atoms with E-state index in [1.807, 2.05) is 18.2 Å². The van der Waals surface area contributed by atoms with Crippen LogP contribution in [0.15, 0.2) is 78.2 Å². The van der Waals surface area contributed by atoms with Crippen molar-refractivity contribution < 1.29 is 13.5 Å². The molecule has 2 aromatic carbocycles. The third kappa shape index (κ3) is 4.50. The molecule has 168 valence electrons. The fourth-order valence-electron chi connectivity index (χ4n) is 4.02. The summed E-state index contributed by atoms with van der Waals surface area (Å²) < 4.78 is 28.0. The van der Waals surface area contributed by atoms with Crippen LogP contribution in [0.25, 0.3) is 22.0 Å². The highest BCUT2D eigenvalue weighted by Gasteiger charge is 2.20. The number of hydrogen-bond acceptors (Lipinski definition) is 7. The van der Waals surface area contributed by atoms with Crippen molar-refractivity contribution >= 4 is 32.4 Å². The molecule has 0 aliphatic carbocycles. The van der Waals surface area contributed by atoms with Gasteiger partial charge in [0.15, 0.2) is 0 Å². The van der Waals surface area contributed by atoms with Gasteiger partial charge in [0.25, 0.3) is 10.0 Å². The van der Waals surface area contributed by atoms with Gasteiger partial charge in [0.05, 0.1) is 28.4 Å². The maximum atomic E-state index is 12.7. The third-order valence-corrected chi connectivity index (χ3v) is 7.15. The summed E-state index contributed by atoms with van der Waals surface area (Å²) in [6, 6.07) is 15.8. The molecule has 2 aromatic heterocycles. The number of anilines is 2. The Kier molecular flexibility index (Phi) is 5.65. The minimum absolute atomic E-state index is 0.189. The number of nitrogens with one attached hydrogen (secondary N) is 1. The molecule has 4 aromatic rings. The van der Waals surface area contributed by atoms with Gasteiger partial charge < -0.3 is 10.0 Å². The van der Waals surface area contributed by atoms with Crippen LogP contribution >= 0.6 is 0 Å². The third-order valence-electron chi connectivity index (χ3n) is 5.76. The number of piperidine rings is 1. The molecule has 1 saturated heterocycles. The number of aromatic nitrogens is 3. The number of aliphatic hydroxyl groups excluding tert-OH is 1. The van der Waals surface area contributed by atoms with Gasteiger partial charge in [0, 0.05) is 30.2 Å². The Morgan fingerprint density at radius 2 is 1.73 bits per heavy atom. The molecule has 0 spiro atoms. The molecule has 0 amide bonds. The fourth-order valence-corrected chi connectivity index (χ4v) is 5.07. The highest BCUT2D eigenvalue weighted by Crippen LogP contribution is 2.31. The second-order valence-corrected chi connectivity index (χ2v) is 9.71. The Labute approximate surface area is 192 Å². The molecular formula is C24H23N5O3S. The predicted octanol–water partition coefficient (Wildman–Crippen LogP) is 3.45. The molecule has 9 heteroatoms. The molecule has 0 saturated carbocycles. The van der Waals surface area contributed by atoms with Crippen molar-refractivity contribution in [1.82, 2.24) is 15.0 Å². The Hall–Kier alpha value is -3.56. The van der Waals surface area contributed by atoms with Crippen LogP contribution in [0.1, 0.15) is 12.8 Å². The highest BCUT2D eigenvalue weighted by atomic mass is 32.2. The Morgan fingerprint density at radius 3 is 2.52 bits per heavy atom. The minimum Gasteiger partial charge on any atom is -0.393 e. The number of pyridine rings is 1. The second-order valence-electron chi connectivity index (χ2n) is 8.03.